The number of nitrogens with zero attached hydrogens (tertiary/aromatic N) is 4. The van der Waals surface area contributed by atoms with Gasteiger partial charge in [0.2, 0.25) is 5.95 Å². The predicted molar refractivity (Wildman–Crippen MR) is 113 cm³/mol. The number of halogens is 3. The van der Waals surface area contributed by atoms with Gasteiger partial charge in [0.15, 0.2) is 5.78 Å². The predicted octanol–water partition coefficient (Wildman–Crippen LogP) is 2.42. The van der Waals surface area contributed by atoms with E-state index in [9.17, 15) is 22.8 Å². The number of anilines is 2. The summed E-state index contributed by atoms with van der Waals surface area (Å²) in [4.78, 5) is 34.8. The van der Waals surface area contributed by atoms with Gasteiger partial charge in [0.25, 0.3) is 5.56 Å². The van der Waals surface area contributed by atoms with Gasteiger partial charge in [-0.15, -0.1) is 0 Å². The molecule has 2 aliphatic heterocycles. The van der Waals surface area contributed by atoms with Crippen LogP contribution in [0.4, 0.5) is 24.9 Å². The van der Waals surface area contributed by atoms with Crippen molar-refractivity contribution < 1.29 is 22.7 Å². The van der Waals surface area contributed by atoms with Crippen LogP contribution in [-0.4, -0.2) is 58.3 Å². The number of rotatable bonds is 6. The van der Waals surface area contributed by atoms with Gasteiger partial charge in [0.1, 0.15) is 11.9 Å². The molecule has 0 amide bonds. The topological polar surface area (TPSA) is 89.4 Å². The van der Waals surface area contributed by atoms with Gasteiger partial charge in [-0.25, -0.2) is 0 Å². The van der Waals surface area contributed by atoms with E-state index in [1.807, 2.05) is 0 Å². The number of pyridine rings is 1. The Bertz CT molecular complexity index is 1130. The summed E-state index contributed by atoms with van der Waals surface area (Å²) < 4.78 is 48.6. The first-order chi connectivity index (χ1) is 15.7. The van der Waals surface area contributed by atoms with Crippen LogP contribution >= 0.6 is 0 Å². The Labute approximate surface area is 187 Å². The number of nitrogens with one attached hydrogen (secondary N) is 1. The van der Waals surface area contributed by atoms with Gasteiger partial charge in [-0.3, -0.25) is 19.1 Å². The lowest BCUT2D eigenvalue weighted by atomic mass is 10.0. The van der Waals surface area contributed by atoms with Crippen molar-refractivity contribution in [2.75, 3.05) is 29.9 Å². The molecule has 0 radical (unpaired) electrons. The number of Topliss-reactive ketones (excluding diaryl/α,β-unsaturated/α-hetero) is 1. The molecule has 11 heteroatoms. The summed E-state index contributed by atoms with van der Waals surface area (Å²) in [5.74, 6) is 0.573. The first-order valence-electron chi connectivity index (χ1n) is 11.0. The lowest BCUT2D eigenvalue weighted by Gasteiger charge is -2.38. The van der Waals surface area contributed by atoms with Crippen LogP contribution in [0.2, 0.25) is 0 Å². The molecule has 8 nitrogen and oxygen atoms in total. The normalized spacial score (nSPS) is 26.0. The first kappa shape index (κ1) is 21.9. The van der Waals surface area contributed by atoms with Crippen molar-refractivity contribution in [3.05, 3.63) is 46.0 Å². The maximum atomic E-state index is 13.9. The molecule has 33 heavy (non-hydrogen) atoms. The summed E-state index contributed by atoms with van der Waals surface area (Å²) in [5.41, 5.74) is 0.394. The Balaban J connectivity index is 1.45. The number of ether oxygens (including phenoxy) is 1. The van der Waals surface area contributed by atoms with Crippen LogP contribution < -0.4 is 15.8 Å². The SMILES string of the molecule is Cc1ccncc1C(=O)CN1c2nc(NC[C@H]3OC[C@@H]4CC43)cc(=O)n2CC[C@H]1C(F)(F)F. The molecule has 1 saturated carbocycles. The largest absolute Gasteiger partial charge is 0.408 e. The maximum Gasteiger partial charge on any atom is 0.408 e. The van der Waals surface area contributed by atoms with Crippen LogP contribution in [0.3, 0.4) is 0 Å². The summed E-state index contributed by atoms with van der Waals surface area (Å²) >= 11 is 0. The fraction of sp³-hybridized carbons (Fsp3) is 0.545. The third-order valence-electron chi connectivity index (χ3n) is 6.74. The molecule has 1 unspecified atom stereocenters. The van der Waals surface area contributed by atoms with E-state index >= 15 is 0 Å². The first-order valence-corrected chi connectivity index (χ1v) is 11.0. The summed E-state index contributed by atoms with van der Waals surface area (Å²) in [7, 11) is 0. The smallest absolute Gasteiger partial charge is 0.376 e. The average molecular weight is 463 g/mol. The van der Waals surface area contributed by atoms with Crippen molar-refractivity contribution in [3.63, 3.8) is 0 Å². The van der Waals surface area contributed by atoms with Gasteiger partial charge in [0.05, 0.1) is 19.3 Å². The molecule has 4 atom stereocenters. The molecule has 4 heterocycles. The monoisotopic (exact) mass is 463 g/mol. The number of hydrogen-bond donors (Lipinski definition) is 1. The number of carbonyl (C=O) groups excluding carboxylic acids is 1. The zero-order chi connectivity index (χ0) is 23.3. The number of hydrogen-bond acceptors (Lipinski definition) is 7. The second kappa shape index (κ2) is 8.12. The molecule has 1 saturated heterocycles. The second-order valence-electron chi connectivity index (χ2n) is 8.93. The number of aromatic nitrogens is 3. The van der Waals surface area contributed by atoms with E-state index in [1.165, 1.54) is 23.0 Å². The molecular weight excluding hydrogens is 439 g/mol. The molecule has 2 aromatic heterocycles. The Hall–Kier alpha value is -2.95. The Morgan fingerprint density at radius 3 is 2.85 bits per heavy atom. The van der Waals surface area contributed by atoms with E-state index in [1.54, 1.807) is 13.0 Å². The summed E-state index contributed by atoms with van der Waals surface area (Å²) in [6.45, 7) is 2.14. The molecule has 3 aliphatic rings. The highest BCUT2D eigenvalue weighted by Crippen LogP contribution is 2.48. The molecule has 2 fully saturated rings. The van der Waals surface area contributed by atoms with Crippen LogP contribution in [0.1, 0.15) is 28.8 Å². The minimum atomic E-state index is -4.59. The van der Waals surface area contributed by atoms with Crippen molar-refractivity contribution >= 4 is 17.5 Å². The molecule has 5 rings (SSSR count). The van der Waals surface area contributed by atoms with Gasteiger partial charge in [-0.05, 0) is 43.2 Å². The number of ketones is 1. The van der Waals surface area contributed by atoms with Crippen LogP contribution in [0.25, 0.3) is 0 Å². The fourth-order valence-electron chi connectivity index (χ4n) is 4.78. The molecule has 1 N–H and O–H groups in total. The fourth-order valence-corrected chi connectivity index (χ4v) is 4.78. The Morgan fingerprint density at radius 2 is 2.18 bits per heavy atom. The highest BCUT2D eigenvalue weighted by Gasteiger charge is 2.49. The second-order valence-corrected chi connectivity index (χ2v) is 8.93. The van der Waals surface area contributed by atoms with Gasteiger partial charge < -0.3 is 15.0 Å². The van der Waals surface area contributed by atoms with Gasteiger partial charge in [-0.1, -0.05) is 0 Å². The Morgan fingerprint density at radius 1 is 1.36 bits per heavy atom. The third kappa shape index (κ3) is 4.21. The van der Waals surface area contributed by atoms with Crippen LogP contribution in [0, 0.1) is 18.8 Å². The minimum absolute atomic E-state index is 0.00440. The summed E-state index contributed by atoms with van der Waals surface area (Å²) in [6, 6.07) is 0.979. The molecular formula is C22H24F3N5O3. The number of carbonyl (C=O) groups is 1. The van der Waals surface area contributed by atoms with Crippen molar-refractivity contribution in [1.82, 2.24) is 14.5 Å². The van der Waals surface area contributed by atoms with E-state index in [2.05, 4.69) is 15.3 Å². The third-order valence-corrected chi connectivity index (χ3v) is 6.74. The highest BCUT2D eigenvalue weighted by molar-refractivity contribution is 6.00. The maximum absolute atomic E-state index is 13.9. The Kier molecular flexibility index (Phi) is 5.38. The summed E-state index contributed by atoms with van der Waals surface area (Å²) in [5, 5.41) is 3.05. The van der Waals surface area contributed by atoms with Crippen LogP contribution in [-0.2, 0) is 11.3 Å². The van der Waals surface area contributed by atoms with E-state index in [4.69, 9.17) is 4.74 Å². The van der Waals surface area contributed by atoms with Crippen LogP contribution in [0.15, 0.2) is 29.3 Å². The number of alkyl halides is 3. The standard InChI is InChI=1S/C22H24F3N5O3/c1-12-2-4-26-8-15(12)16(31)10-30-18(22(23,24)25)3-5-29-20(32)7-19(28-21(29)30)27-9-17-14-6-13(14)11-33-17/h2,4,7-8,13-14,17-18,27H,3,5-6,9-11H2,1H3/t13-,14?,17+,18-/m0/s1. The van der Waals surface area contributed by atoms with E-state index in [0.717, 1.165) is 11.3 Å². The number of fused-ring (bicyclic) bond motifs is 2. The molecule has 0 spiro atoms. The summed E-state index contributed by atoms with van der Waals surface area (Å²) in [6.07, 6.45) is -0.959. The average Bonchev–Trinajstić information content (AvgIpc) is 3.43. The van der Waals surface area contributed by atoms with Crippen molar-refractivity contribution in [2.24, 2.45) is 11.8 Å². The lowest BCUT2D eigenvalue weighted by Crippen LogP contribution is -2.54. The zero-order valence-electron chi connectivity index (χ0n) is 18.0. The van der Waals surface area contributed by atoms with Gasteiger partial charge in [-0.2, -0.15) is 18.2 Å². The molecule has 0 bridgehead atoms. The van der Waals surface area contributed by atoms with Crippen LogP contribution in [0.5, 0.6) is 0 Å². The minimum Gasteiger partial charge on any atom is -0.376 e. The molecule has 176 valence electrons. The van der Waals surface area contributed by atoms with Gasteiger partial charge in [0, 0.05) is 37.1 Å². The van der Waals surface area contributed by atoms with E-state index < -0.39 is 30.1 Å². The highest BCUT2D eigenvalue weighted by atomic mass is 19.4. The van der Waals surface area contributed by atoms with Crippen molar-refractivity contribution in [1.29, 1.82) is 0 Å². The van der Waals surface area contributed by atoms with E-state index in [-0.39, 0.29) is 36.4 Å². The lowest BCUT2D eigenvalue weighted by molar-refractivity contribution is -0.152. The number of aryl methyl sites for hydroxylation is 1. The van der Waals surface area contributed by atoms with Crippen molar-refractivity contribution in [2.45, 2.75) is 44.6 Å². The van der Waals surface area contributed by atoms with E-state index in [0.29, 0.717) is 30.6 Å². The molecule has 1 aliphatic carbocycles. The van der Waals surface area contributed by atoms with Crippen molar-refractivity contribution in [3.8, 4) is 0 Å². The quantitative estimate of drug-likeness (QED) is 0.658. The molecule has 0 aromatic carbocycles. The van der Waals surface area contributed by atoms with Gasteiger partial charge >= 0.3 is 6.18 Å². The molecule has 2 aromatic rings. The zero-order valence-corrected chi connectivity index (χ0v) is 18.0.